The van der Waals surface area contributed by atoms with Crippen LogP contribution in [0.25, 0.3) is 11.1 Å². The Morgan fingerprint density at radius 2 is 1.50 bits per heavy atom. The van der Waals surface area contributed by atoms with Gasteiger partial charge in [-0.2, -0.15) is 0 Å². The van der Waals surface area contributed by atoms with Crippen LogP contribution in [-0.2, 0) is 6.42 Å². The molecular formula is C27H35F. The highest BCUT2D eigenvalue weighted by Gasteiger charge is 2.21. The molecule has 0 saturated heterocycles. The van der Waals surface area contributed by atoms with Gasteiger partial charge in [0, 0.05) is 0 Å². The lowest BCUT2D eigenvalue weighted by molar-refractivity contribution is 0.312. The number of benzene rings is 2. The summed E-state index contributed by atoms with van der Waals surface area (Å²) in [6, 6.07) is 18.4. The summed E-state index contributed by atoms with van der Waals surface area (Å²) in [6.45, 7) is 1.92. The molecule has 2 aromatic carbocycles. The molecule has 28 heavy (non-hydrogen) atoms. The standard InChI is InChI=1S/C27H35F/c1-2-3-7-22-9-13-24(14-10-22)26-17-19-27(20-18-26)25-15-11-23(12-16-25)8-5-4-6-21-28/h4,6,9-10,13-14,17-20,23,25H,2-3,5,7-8,11-12,15-16,21H2,1H3. The molecule has 0 aliphatic heterocycles. The van der Waals surface area contributed by atoms with E-state index in [0.717, 1.165) is 12.3 Å². The third kappa shape index (κ3) is 6.06. The molecule has 1 saturated carbocycles. The minimum absolute atomic E-state index is 0.328. The first-order valence-electron chi connectivity index (χ1n) is 11.2. The van der Waals surface area contributed by atoms with Crippen molar-refractivity contribution in [2.24, 2.45) is 5.92 Å². The molecule has 0 radical (unpaired) electrons. The lowest BCUT2D eigenvalue weighted by atomic mass is 9.77. The maximum atomic E-state index is 12.1. The van der Waals surface area contributed by atoms with Gasteiger partial charge in [-0.15, -0.1) is 0 Å². The molecule has 0 atom stereocenters. The average molecular weight is 379 g/mol. The van der Waals surface area contributed by atoms with E-state index in [0.29, 0.717) is 5.92 Å². The van der Waals surface area contributed by atoms with Crippen LogP contribution in [0.2, 0.25) is 0 Å². The van der Waals surface area contributed by atoms with E-state index in [1.807, 2.05) is 6.08 Å². The second-order valence-electron chi connectivity index (χ2n) is 8.34. The number of hydrogen-bond acceptors (Lipinski definition) is 0. The van der Waals surface area contributed by atoms with Gasteiger partial charge < -0.3 is 0 Å². The first kappa shape index (κ1) is 20.8. The third-order valence-corrected chi connectivity index (χ3v) is 6.33. The van der Waals surface area contributed by atoms with E-state index in [4.69, 9.17) is 0 Å². The lowest BCUT2D eigenvalue weighted by Gasteiger charge is -2.28. The van der Waals surface area contributed by atoms with Crippen LogP contribution >= 0.6 is 0 Å². The number of hydrogen-bond donors (Lipinski definition) is 0. The summed E-state index contributed by atoms with van der Waals surface area (Å²) in [5, 5.41) is 0. The van der Waals surface area contributed by atoms with Gasteiger partial charge in [0.05, 0.1) is 0 Å². The summed E-state index contributed by atoms with van der Waals surface area (Å²) < 4.78 is 12.1. The fourth-order valence-corrected chi connectivity index (χ4v) is 4.49. The predicted molar refractivity (Wildman–Crippen MR) is 120 cm³/mol. The fraction of sp³-hybridized carbons (Fsp3) is 0.481. The number of aryl methyl sites for hydroxylation is 1. The zero-order valence-corrected chi connectivity index (χ0v) is 17.4. The molecule has 0 aromatic heterocycles. The predicted octanol–water partition coefficient (Wildman–Crippen LogP) is 8.28. The van der Waals surface area contributed by atoms with Gasteiger partial charge in [0.2, 0.25) is 0 Å². The first-order valence-corrected chi connectivity index (χ1v) is 11.2. The van der Waals surface area contributed by atoms with Crippen molar-refractivity contribution in [3.05, 3.63) is 71.8 Å². The second kappa shape index (κ2) is 11.2. The number of halogens is 1. The van der Waals surface area contributed by atoms with Crippen LogP contribution in [0.4, 0.5) is 4.39 Å². The van der Waals surface area contributed by atoms with Crippen LogP contribution in [0.15, 0.2) is 60.7 Å². The highest BCUT2D eigenvalue weighted by atomic mass is 19.1. The van der Waals surface area contributed by atoms with Gasteiger partial charge in [-0.1, -0.05) is 74.0 Å². The van der Waals surface area contributed by atoms with Crippen LogP contribution in [0.5, 0.6) is 0 Å². The van der Waals surface area contributed by atoms with E-state index in [9.17, 15) is 4.39 Å². The summed E-state index contributed by atoms with van der Waals surface area (Å²) in [6.07, 6.45) is 14.8. The Labute approximate surface area is 170 Å². The maximum Gasteiger partial charge on any atom is 0.108 e. The SMILES string of the molecule is CCCCc1ccc(-c2ccc(C3CCC(CCC=CCF)CC3)cc2)cc1. The van der Waals surface area contributed by atoms with Crippen LogP contribution in [0.3, 0.4) is 0 Å². The van der Waals surface area contributed by atoms with Crippen molar-refractivity contribution in [1.82, 2.24) is 0 Å². The first-order chi connectivity index (χ1) is 13.8. The van der Waals surface area contributed by atoms with Crippen molar-refractivity contribution in [2.75, 3.05) is 6.67 Å². The molecule has 150 valence electrons. The largest absolute Gasteiger partial charge is 0.247 e. The van der Waals surface area contributed by atoms with E-state index >= 15 is 0 Å². The van der Waals surface area contributed by atoms with Gasteiger partial charge >= 0.3 is 0 Å². The Balaban J connectivity index is 1.51. The number of rotatable bonds is 9. The summed E-state index contributed by atoms with van der Waals surface area (Å²) in [5.74, 6) is 1.54. The topological polar surface area (TPSA) is 0 Å². The third-order valence-electron chi connectivity index (χ3n) is 6.33. The molecule has 2 aromatic rings. The van der Waals surface area contributed by atoms with Crippen LogP contribution in [0.1, 0.15) is 75.3 Å². The number of unbranched alkanes of at least 4 members (excludes halogenated alkanes) is 1. The molecular weight excluding hydrogens is 343 g/mol. The lowest BCUT2D eigenvalue weighted by Crippen LogP contribution is -2.13. The average Bonchev–Trinajstić information content (AvgIpc) is 2.76. The van der Waals surface area contributed by atoms with Crippen molar-refractivity contribution in [3.8, 4) is 11.1 Å². The van der Waals surface area contributed by atoms with Gasteiger partial charge in [-0.3, -0.25) is 0 Å². The molecule has 0 amide bonds. The molecule has 1 heteroatoms. The summed E-state index contributed by atoms with van der Waals surface area (Å²) in [5.41, 5.74) is 5.58. The zero-order valence-electron chi connectivity index (χ0n) is 17.4. The van der Waals surface area contributed by atoms with Crippen molar-refractivity contribution in [1.29, 1.82) is 0 Å². The van der Waals surface area contributed by atoms with E-state index in [1.54, 1.807) is 6.08 Å². The number of allylic oxidation sites excluding steroid dienone is 2. The Morgan fingerprint density at radius 1 is 0.857 bits per heavy atom. The molecule has 0 N–H and O–H groups in total. The van der Waals surface area contributed by atoms with Gasteiger partial charge in [-0.25, -0.2) is 4.39 Å². The fourth-order valence-electron chi connectivity index (χ4n) is 4.49. The zero-order chi connectivity index (χ0) is 19.6. The molecule has 1 aliphatic rings. The van der Waals surface area contributed by atoms with E-state index < -0.39 is 0 Å². The van der Waals surface area contributed by atoms with Crippen molar-refractivity contribution < 1.29 is 4.39 Å². The summed E-state index contributed by atoms with van der Waals surface area (Å²) in [7, 11) is 0. The van der Waals surface area contributed by atoms with E-state index in [2.05, 4.69) is 55.5 Å². The number of alkyl halides is 1. The maximum absolute atomic E-state index is 12.1. The Morgan fingerprint density at radius 3 is 2.11 bits per heavy atom. The molecule has 3 rings (SSSR count). The Hall–Kier alpha value is -1.89. The molecule has 0 unspecified atom stereocenters. The van der Waals surface area contributed by atoms with E-state index in [1.165, 1.54) is 73.6 Å². The smallest absolute Gasteiger partial charge is 0.108 e. The quantitative estimate of drug-likeness (QED) is 0.385. The van der Waals surface area contributed by atoms with Crippen LogP contribution in [-0.4, -0.2) is 6.67 Å². The summed E-state index contributed by atoms with van der Waals surface area (Å²) >= 11 is 0. The molecule has 0 bridgehead atoms. The molecule has 0 heterocycles. The molecule has 1 aliphatic carbocycles. The Bertz CT molecular complexity index is 703. The van der Waals surface area contributed by atoms with Crippen molar-refractivity contribution >= 4 is 0 Å². The monoisotopic (exact) mass is 378 g/mol. The normalized spacial score (nSPS) is 19.9. The molecule has 0 spiro atoms. The van der Waals surface area contributed by atoms with Gasteiger partial charge in [0.25, 0.3) is 0 Å². The highest BCUT2D eigenvalue weighted by Crippen LogP contribution is 2.38. The highest BCUT2D eigenvalue weighted by molar-refractivity contribution is 5.64. The molecule has 1 fully saturated rings. The molecule has 0 nitrogen and oxygen atoms in total. The van der Waals surface area contributed by atoms with Gasteiger partial charge in [-0.05, 0) is 85.5 Å². The van der Waals surface area contributed by atoms with Crippen LogP contribution < -0.4 is 0 Å². The minimum atomic E-state index is -0.328. The van der Waals surface area contributed by atoms with Crippen molar-refractivity contribution in [3.63, 3.8) is 0 Å². The minimum Gasteiger partial charge on any atom is -0.247 e. The van der Waals surface area contributed by atoms with Crippen molar-refractivity contribution in [2.45, 2.75) is 70.6 Å². The summed E-state index contributed by atoms with van der Waals surface area (Å²) in [4.78, 5) is 0. The Kier molecular flexibility index (Phi) is 8.33. The van der Waals surface area contributed by atoms with Gasteiger partial charge in [0.1, 0.15) is 6.67 Å². The van der Waals surface area contributed by atoms with Gasteiger partial charge in [0.15, 0.2) is 0 Å². The second-order valence-corrected chi connectivity index (χ2v) is 8.34. The van der Waals surface area contributed by atoms with E-state index in [-0.39, 0.29) is 6.67 Å². The van der Waals surface area contributed by atoms with Crippen LogP contribution in [0, 0.1) is 5.92 Å².